The number of nitrogens with one attached hydrogen (secondary N) is 1. The van der Waals surface area contributed by atoms with Crippen LogP contribution < -0.4 is 5.32 Å². The van der Waals surface area contributed by atoms with Gasteiger partial charge in [-0.25, -0.2) is 0 Å². The molecule has 3 nitrogen and oxygen atoms in total. The molecule has 0 aliphatic heterocycles. The van der Waals surface area contributed by atoms with Crippen molar-refractivity contribution in [1.29, 1.82) is 0 Å². The molecule has 0 atom stereocenters. The zero-order valence-electron chi connectivity index (χ0n) is 9.45. The van der Waals surface area contributed by atoms with Crippen molar-refractivity contribution in [1.82, 2.24) is 9.78 Å². The van der Waals surface area contributed by atoms with Crippen molar-refractivity contribution in [3.8, 4) is 0 Å². The maximum absolute atomic E-state index is 6.02. The predicted octanol–water partition coefficient (Wildman–Crippen LogP) is 3.49. The van der Waals surface area contributed by atoms with E-state index in [4.69, 9.17) is 11.6 Å². The highest BCUT2D eigenvalue weighted by Gasteiger charge is 2.03. The molecule has 1 aromatic carbocycles. The maximum Gasteiger partial charge on any atom is 0.0593 e. The number of aromatic nitrogens is 2. The second kappa shape index (κ2) is 5.56. The zero-order chi connectivity index (χ0) is 12.3. The van der Waals surface area contributed by atoms with Crippen molar-refractivity contribution in [2.75, 3.05) is 11.9 Å². The molecule has 0 aliphatic rings. The molecular weight excluding hydrogens is 302 g/mol. The highest BCUT2D eigenvalue weighted by atomic mass is 79.9. The third kappa shape index (κ3) is 3.01. The van der Waals surface area contributed by atoms with Gasteiger partial charge in [0.1, 0.15) is 0 Å². The smallest absolute Gasteiger partial charge is 0.0593 e. The normalized spacial score (nSPS) is 10.5. The third-order valence-electron chi connectivity index (χ3n) is 2.57. The molecule has 0 saturated heterocycles. The molecular formula is C12H13BrClN3. The maximum atomic E-state index is 6.02. The van der Waals surface area contributed by atoms with Crippen LogP contribution in [0.25, 0.3) is 0 Å². The molecule has 0 unspecified atom stereocenters. The summed E-state index contributed by atoms with van der Waals surface area (Å²) in [6.07, 6.45) is 2.74. The van der Waals surface area contributed by atoms with Gasteiger partial charge in [-0.3, -0.25) is 4.68 Å². The van der Waals surface area contributed by atoms with Gasteiger partial charge in [-0.1, -0.05) is 17.7 Å². The van der Waals surface area contributed by atoms with E-state index in [1.807, 2.05) is 42.2 Å². The third-order valence-corrected chi connectivity index (χ3v) is 3.97. The topological polar surface area (TPSA) is 29.9 Å². The van der Waals surface area contributed by atoms with Crippen LogP contribution >= 0.6 is 27.5 Å². The van der Waals surface area contributed by atoms with E-state index in [0.717, 1.165) is 28.1 Å². The summed E-state index contributed by atoms with van der Waals surface area (Å²) >= 11 is 9.48. The number of benzene rings is 1. The minimum absolute atomic E-state index is 0.718. The Balaban J connectivity index is 1.95. The highest BCUT2D eigenvalue weighted by molar-refractivity contribution is 9.10. The van der Waals surface area contributed by atoms with E-state index in [-0.39, 0.29) is 0 Å². The van der Waals surface area contributed by atoms with E-state index in [2.05, 4.69) is 26.3 Å². The average Bonchev–Trinajstić information content (AvgIpc) is 2.71. The Morgan fingerprint density at radius 3 is 2.94 bits per heavy atom. The molecule has 0 saturated carbocycles. The van der Waals surface area contributed by atoms with Gasteiger partial charge in [0, 0.05) is 37.6 Å². The SMILES string of the molecule is Cn1nccc1CCNc1cccc(Cl)c1Br. The Labute approximate surface area is 114 Å². The standard InChI is InChI=1S/C12H13BrClN3/c1-17-9(6-8-16-17)5-7-15-11-4-2-3-10(14)12(11)13/h2-4,6,8,15H,5,7H2,1H3. The van der Waals surface area contributed by atoms with Gasteiger partial charge in [0.05, 0.1) is 9.50 Å². The molecule has 0 bridgehead atoms. The number of hydrogen-bond donors (Lipinski definition) is 1. The summed E-state index contributed by atoms with van der Waals surface area (Å²) < 4.78 is 2.79. The summed E-state index contributed by atoms with van der Waals surface area (Å²) in [5, 5.41) is 8.20. The summed E-state index contributed by atoms with van der Waals surface area (Å²) in [5.74, 6) is 0. The monoisotopic (exact) mass is 313 g/mol. The van der Waals surface area contributed by atoms with E-state index >= 15 is 0 Å². The van der Waals surface area contributed by atoms with Crippen LogP contribution in [0.2, 0.25) is 5.02 Å². The molecule has 0 fully saturated rings. The van der Waals surface area contributed by atoms with Gasteiger partial charge >= 0.3 is 0 Å². The molecule has 2 rings (SSSR count). The fraction of sp³-hybridized carbons (Fsp3) is 0.250. The van der Waals surface area contributed by atoms with Gasteiger partial charge in [0.15, 0.2) is 0 Å². The van der Waals surface area contributed by atoms with E-state index in [1.165, 1.54) is 5.69 Å². The molecule has 0 spiro atoms. The molecule has 1 N–H and O–H groups in total. The Hall–Kier alpha value is -1.000. The summed E-state index contributed by atoms with van der Waals surface area (Å²) in [4.78, 5) is 0. The highest BCUT2D eigenvalue weighted by Crippen LogP contribution is 2.29. The van der Waals surface area contributed by atoms with Crippen LogP contribution in [0.1, 0.15) is 5.69 Å². The number of aryl methyl sites for hydroxylation is 1. The Bertz CT molecular complexity index is 510. The Kier molecular flexibility index (Phi) is 4.07. The van der Waals surface area contributed by atoms with Crippen molar-refractivity contribution < 1.29 is 0 Å². The lowest BCUT2D eigenvalue weighted by atomic mass is 10.3. The van der Waals surface area contributed by atoms with Crippen LogP contribution in [0.4, 0.5) is 5.69 Å². The second-order valence-corrected chi connectivity index (χ2v) is 4.92. The first-order chi connectivity index (χ1) is 8.18. The number of anilines is 1. The van der Waals surface area contributed by atoms with Crippen molar-refractivity contribution >= 4 is 33.2 Å². The number of halogens is 2. The summed E-state index contributed by atoms with van der Waals surface area (Å²) in [7, 11) is 1.95. The molecule has 0 aliphatic carbocycles. The molecule has 2 aromatic rings. The van der Waals surface area contributed by atoms with E-state index in [1.54, 1.807) is 0 Å². The fourth-order valence-electron chi connectivity index (χ4n) is 1.61. The fourth-order valence-corrected chi connectivity index (χ4v) is 2.19. The molecule has 90 valence electrons. The van der Waals surface area contributed by atoms with Crippen molar-refractivity contribution in [3.63, 3.8) is 0 Å². The quantitative estimate of drug-likeness (QED) is 0.936. The largest absolute Gasteiger partial charge is 0.384 e. The predicted molar refractivity (Wildman–Crippen MR) is 74.6 cm³/mol. The van der Waals surface area contributed by atoms with Crippen molar-refractivity contribution in [2.24, 2.45) is 7.05 Å². The van der Waals surface area contributed by atoms with E-state index in [9.17, 15) is 0 Å². The number of nitrogens with zero attached hydrogens (tertiary/aromatic N) is 2. The van der Waals surface area contributed by atoms with Crippen molar-refractivity contribution in [2.45, 2.75) is 6.42 Å². The molecule has 1 heterocycles. The van der Waals surface area contributed by atoms with E-state index < -0.39 is 0 Å². The Morgan fingerprint density at radius 2 is 2.24 bits per heavy atom. The first-order valence-electron chi connectivity index (χ1n) is 5.33. The summed E-state index contributed by atoms with van der Waals surface area (Å²) in [5.41, 5.74) is 2.22. The first-order valence-corrected chi connectivity index (χ1v) is 6.50. The van der Waals surface area contributed by atoms with Gasteiger partial charge in [-0.2, -0.15) is 5.10 Å². The zero-order valence-corrected chi connectivity index (χ0v) is 11.8. The minimum Gasteiger partial charge on any atom is -0.384 e. The van der Waals surface area contributed by atoms with E-state index in [0.29, 0.717) is 0 Å². The van der Waals surface area contributed by atoms with Gasteiger partial charge < -0.3 is 5.32 Å². The lowest BCUT2D eigenvalue weighted by Gasteiger charge is -2.09. The summed E-state index contributed by atoms with van der Waals surface area (Å²) in [6, 6.07) is 7.81. The lowest BCUT2D eigenvalue weighted by molar-refractivity contribution is 0.711. The minimum atomic E-state index is 0.718. The van der Waals surface area contributed by atoms with Gasteiger partial charge in [0.2, 0.25) is 0 Å². The molecule has 5 heteroatoms. The number of hydrogen-bond acceptors (Lipinski definition) is 2. The van der Waals surface area contributed by atoms with Crippen LogP contribution in [0.3, 0.4) is 0 Å². The van der Waals surface area contributed by atoms with Crippen molar-refractivity contribution in [3.05, 3.63) is 45.7 Å². The number of rotatable bonds is 4. The molecule has 1 aromatic heterocycles. The van der Waals surface area contributed by atoms with Gasteiger partial charge in [-0.05, 0) is 34.1 Å². The van der Waals surface area contributed by atoms with Crippen LogP contribution in [0.15, 0.2) is 34.9 Å². The van der Waals surface area contributed by atoms with Crippen LogP contribution in [0.5, 0.6) is 0 Å². The van der Waals surface area contributed by atoms with Crippen LogP contribution in [-0.2, 0) is 13.5 Å². The first kappa shape index (κ1) is 12.5. The second-order valence-electron chi connectivity index (χ2n) is 3.72. The van der Waals surface area contributed by atoms with Gasteiger partial charge in [0.25, 0.3) is 0 Å². The lowest BCUT2D eigenvalue weighted by Crippen LogP contribution is -2.08. The summed E-state index contributed by atoms with van der Waals surface area (Å²) in [6.45, 7) is 0.846. The average molecular weight is 315 g/mol. The van der Waals surface area contributed by atoms with Crippen LogP contribution in [-0.4, -0.2) is 16.3 Å². The Morgan fingerprint density at radius 1 is 1.41 bits per heavy atom. The molecule has 0 amide bonds. The molecule has 0 radical (unpaired) electrons. The van der Waals surface area contributed by atoms with Gasteiger partial charge in [-0.15, -0.1) is 0 Å². The van der Waals surface area contributed by atoms with Crippen LogP contribution in [0, 0.1) is 0 Å². The molecule has 17 heavy (non-hydrogen) atoms.